The van der Waals surface area contributed by atoms with Gasteiger partial charge in [0, 0.05) is 30.6 Å². The molecule has 1 aromatic carbocycles. The van der Waals surface area contributed by atoms with Gasteiger partial charge in [-0.2, -0.15) is 0 Å². The molecule has 1 saturated carbocycles. The monoisotopic (exact) mass is 360 g/mol. The van der Waals surface area contributed by atoms with E-state index in [9.17, 15) is 0 Å². The molecule has 5 nitrogen and oxygen atoms in total. The quantitative estimate of drug-likeness (QED) is 0.824. The van der Waals surface area contributed by atoms with Crippen molar-refractivity contribution in [1.29, 1.82) is 0 Å². The molecule has 0 bridgehead atoms. The molecule has 2 aliphatic heterocycles. The van der Waals surface area contributed by atoms with Gasteiger partial charge in [0.2, 0.25) is 0 Å². The number of likely N-dealkylation sites (tertiary alicyclic amines) is 1. The van der Waals surface area contributed by atoms with Crippen LogP contribution in [0.15, 0.2) is 18.2 Å². The number of methoxy groups -OCH3 is 2. The second kappa shape index (κ2) is 7.37. The maximum absolute atomic E-state index is 5.60. The summed E-state index contributed by atoms with van der Waals surface area (Å²) in [5, 5.41) is 0. The fourth-order valence-electron chi connectivity index (χ4n) is 5.52. The van der Waals surface area contributed by atoms with Crippen LogP contribution in [0.4, 0.5) is 0 Å². The summed E-state index contributed by atoms with van der Waals surface area (Å²) in [7, 11) is 5.73. The molecule has 144 valence electrons. The maximum atomic E-state index is 5.60. The SMILES string of the molecule is COc1ccc([C@@]23CC[C@@H](N4CCOCC4)C[C@@H]2N(C)CC3)cc1OC. The zero-order chi connectivity index (χ0) is 18.1. The molecule has 2 saturated heterocycles. The van der Waals surface area contributed by atoms with Crippen LogP contribution in [-0.2, 0) is 10.2 Å². The van der Waals surface area contributed by atoms with E-state index in [1.807, 2.05) is 0 Å². The van der Waals surface area contributed by atoms with Gasteiger partial charge in [-0.3, -0.25) is 4.90 Å². The van der Waals surface area contributed by atoms with Crippen LogP contribution >= 0.6 is 0 Å². The molecular weight excluding hydrogens is 328 g/mol. The number of nitrogens with zero attached hydrogens (tertiary/aromatic N) is 2. The first-order valence-electron chi connectivity index (χ1n) is 9.92. The minimum absolute atomic E-state index is 0.247. The zero-order valence-electron chi connectivity index (χ0n) is 16.4. The van der Waals surface area contributed by atoms with Crippen molar-refractivity contribution in [3.63, 3.8) is 0 Å². The molecule has 1 aliphatic carbocycles. The van der Waals surface area contributed by atoms with E-state index < -0.39 is 0 Å². The summed E-state index contributed by atoms with van der Waals surface area (Å²) in [6.07, 6.45) is 5.02. The third kappa shape index (κ3) is 3.00. The Morgan fingerprint density at radius 1 is 1.04 bits per heavy atom. The smallest absolute Gasteiger partial charge is 0.161 e. The van der Waals surface area contributed by atoms with Crippen molar-refractivity contribution in [2.75, 3.05) is 54.1 Å². The predicted molar refractivity (Wildman–Crippen MR) is 102 cm³/mol. The molecule has 4 rings (SSSR count). The van der Waals surface area contributed by atoms with Gasteiger partial charge < -0.3 is 19.1 Å². The Morgan fingerprint density at radius 2 is 1.81 bits per heavy atom. The highest BCUT2D eigenvalue weighted by molar-refractivity contribution is 5.46. The summed E-state index contributed by atoms with van der Waals surface area (Å²) in [6, 6.07) is 7.86. The van der Waals surface area contributed by atoms with Gasteiger partial charge in [-0.05, 0) is 57.0 Å². The van der Waals surface area contributed by atoms with E-state index in [1.54, 1.807) is 14.2 Å². The molecule has 2 heterocycles. The molecule has 0 aromatic heterocycles. The van der Waals surface area contributed by atoms with E-state index >= 15 is 0 Å². The van der Waals surface area contributed by atoms with Gasteiger partial charge >= 0.3 is 0 Å². The molecule has 0 unspecified atom stereocenters. The van der Waals surface area contributed by atoms with Crippen LogP contribution in [0, 0.1) is 0 Å². The average Bonchev–Trinajstić information content (AvgIpc) is 3.05. The lowest BCUT2D eigenvalue weighted by Crippen LogP contribution is -2.53. The molecule has 0 spiro atoms. The van der Waals surface area contributed by atoms with E-state index in [0.29, 0.717) is 12.1 Å². The summed E-state index contributed by atoms with van der Waals surface area (Å²) in [5.74, 6) is 1.67. The summed E-state index contributed by atoms with van der Waals surface area (Å²) in [6.45, 7) is 5.12. The van der Waals surface area contributed by atoms with E-state index in [0.717, 1.165) is 37.8 Å². The van der Waals surface area contributed by atoms with Gasteiger partial charge in [0.25, 0.3) is 0 Å². The molecule has 26 heavy (non-hydrogen) atoms. The number of morpholine rings is 1. The van der Waals surface area contributed by atoms with Crippen LogP contribution in [0.2, 0.25) is 0 Å². The topological polar surface area (TPSA) is 34.2 Å². The summed E-state index contributed by atoms with van der Waals surface area (Å²) < 4.78 is 16.6. The first kappa shape index (κ1) is 18.1. The Kier molecular flexibility index (Phi) is 5.13. The molecule has 0 amide bonds. The van der Waals surface area contributed by atoms with Crippen LogP contribution in [0.5, 0.6) is 11.5 Å². The van der Waals surface area contributed by atoms with Crippen LogP contribution in [-0.4, -0.2) is 76.0 Å². The molecule has 3 fully saturated rings. The number of hydrogen-bond acceptors (Lipinski definition) is 5. The Bertz CT molecular complexity index is 632. The van der Waals surface area contributed by atoms with E-state index in [4.69, 9.17) is 14.2 Å². The maximum Gasteiger partial charge on any atom is 0.161 e. The van der Waals surface area contributed by atoms with Crippen LogP contribution < -0.4 is 9.47 Å². The normalized spacial score (nSPS) is 33.0. The van der Waals surface area contributed by atoms with Crippen molar-refractivity contribution >= 4 is 0 Å². The highest BCUT2D eigenvalue weighted by atomic mass is 16.5. The average molecular weight is 360 g/mol. The number of fused-ring (bicyclic) bond motifs is 1. The standard InChI is InChI=1S/C21H32N2O3/c1-22-9-8-21(16-4-5-18(24-2)19(14-16)25-3)7-6-17(15-20(21)22)23-10-12-26-13-11-23/h4-5,14,17,20H,6-13,15H2,1-3H3/t17-,20+,21+/m1/s1. The largest absolute Gasteiger partial charge is 0.493 e. The lowest BCUT2D eigenvalue weighted by molar-refractivity contribution is -0.00603. The van der Waals surface area contributed by atoms with Gasteiger partial charge in [0.15, 0.2) is 11.5 Å². The van der Waals surface area contributed by atoms with Gasteiger partial charge in [-0.15, -0.1) is 0 Å². The molecule has 0 N–H and O–H groups in total. The lowest BCUT2D eigenvalue weighted by atomic mass is 9.64. The molecule has 1 aromatic rings. The minimum atomic E-state index is 0.247. The third-order valence-corrected chi connectivity index (χ3v) is 7.02. The van der Waals surface area contributed by atoms with Gasteiger partial charge in [-0.25, -0.2) is 0 Å². The third-order valence-electron chi connectivity index (χ3n) is 7.02. The van der Waals surface area contributed by atoms with Crippen molar-refractivity contribution in [1.82, 2.24) is 9.80 Å². The van der Waals surface area contributed by atoms with Crippen LogP contribution in [0.3, 0.4) is 0 Å². The zero-order valence-corrected chi connectivity index (χ0v) is 16.4. The van der Waals surface area contributed by atoms with E-state index in [-0.39, 0.29) is 5.41 Å². The number of benzene rings is 1. The first-order chi connectivity index (χ1) is 12.7. The number of hydrogen-bond donors (Lipinski definition) is 0. The van der Waals surface area contributed by atoms with Crippen LogP contribution in [0.25, 0.3) is 0 Å². The highest BCUT2D eigenvalue weighted by Gasteiger charge is 2.51. The van der Waals surface area contributed by atoms with Crippen molar-refractivity contribution < 1.29 is 14.2 Å². The summed E-state index contributed by atoms with van der Waals surface area (Å²) >= 11 is 0. The molecule has 5 heteroatoms. The van der Waals surface area contributed by atoms with Gasteiger partial charge in [-0.1, -0.05) is 6.07 Å². The molecule has 0 radical (unpaired) electrons. The van der Waals surface area contributed by atoms with E-state index in [1.165, 1.54) is 37.8 Å². The second-order valence-corrected chi connectivity index (χ2v) is 8.05. The Hall–Kier alpha value is -1.30. The fraction of sp³-hybridized carbons (Fsp3) is 0.714. The first-order valence-corrected chi connectivity index (χ1v) is 9.92. The van der Waals surface area contributed by atoms with Crippen molar-refractivity contribution in [3.8, 4) is 11.5 Å². The summed E-state index contributed by atoms with van der Waals surface area (Å²) in [4.78, 5) is 5.25. The molecular formula is C21H32N2O3. The van der Waals surface area contributed by atoms with Crippen molar-refractivity contribution in [2.24, 2.45) is 0 Å². The Labute approximate surface area is 157 Å². The minimum Gasteiger partial charge on any atom is -0.493 e. The predicted octanol–water partition coefficient (Wildman–Crippen LogP) is 2.53. The molecule has 3 atom stereocenters. The van der Waals surface area contributed by atoms with Gasteiger partial charge in [0.05, 0.1) is 27.4 Å². The van der Waals surface area contributed by atoms with Crippen molar-refractivity contribution in [3.05, 3.63) is 23.8 Å². The number of likely N-dealkylation sites (N-methyl/N-ethyl adjacent to an activating group) is 1. The lowest BCUT2D eigenvalue weighted by Gasteiger charge is -2.48. The Balaban J connectivity index is 1.61. The van der Waals surface area contributed by atoms with Gasteiger partial charge in [0.1, 0.15) is 0 Å². The second-order valence-electron chi connectivity index (χ2n) is 8.05. The fourth-order valence-corrected chi connectivity index (χ4v) is 5.52. The summed E-state index contributed by atoms with van der Waals surface area (Å²) in [5.41, 5.74) is 1.67. The molecule has 3 aliphatic rings. The highest BCUT2D eigenvalue weighted by Crippen LogP contribution is 2.50. The Morgan fingerprint density at radius 3 is 2.54 bits per heavy atom. The number of ether oxygens (including phenoxy) is 3. The van der Waals surface area contributed by atoms with Crippen molar-refractivity contribution in [2.45, 2.75) is 43.2 Å². The number of rotatable bonds is 4. The van der Waals surface area contributed by atoms with E-state index in [2.05, 4.69) is 35.0 Å². The van der Waals surface area contributed by atoms with Crippen LogP contribution in [0.1, 0.15) is 31.2 Å².